The highest BCUT2D eigenvalue weighted by Gasteiger charge is 2.20. The fraction of sp³-hybridized carbons (Fsp3) is 0.125. The van der Waals surface area contributed by atoms with Gasteiger partial charge in [0.15, 0.2) is 5.78 Å². The molecule has 4 rings (SSSR count). The summed E-state index contributed by atoms with van der Waals surface area (Å²) in [6.07, 6.45) is 0. The van der Waals surface area contributed by atoms with Gasteiger partial charge >= 0.3 is 0 Å². The molecule has 0 aliphatic carbocycles. The van der Waals surface area contributed by atoms with Crippen LogP contribution in [-0.2, 0) is 6.61 Å². The molecule has 0 N–H and O–H groups in total. The van der Waals surface area contributed by atoms with Crippen LogP contribution in [0.5, 0.6) is 5.75 Å². The number of rotatable bonds is 7. The normalized spacial score (nSPS) is 11.8. The first kappa shape index (κ1) is 19.8. The fourth-order valence-electron chi connectivity index (χ4n) is 3.07. The van der Waals surface area contributed by atoms with Gasteiger partial charge in [-0.25, -0.2) is 4.68 Å². The Morgan fingerprint density at radius 3 is 2.47 bits per heavy atom. The van der Waals surface area contributed by atoms with E-state index in [1.165, 1.54) is 22.1 Å². The second kappa shape index (κ2) is 8.88. The average molecular weight is 417 g/mol. The number of Topliss-reactive ketones (excluding diaryl/α,β-unsaturated/α-hetero) is 1. The van der Waals surface area contributed by atoms with Gasteiger partial charge < -0.3 is 4.74 Å². The number of carbonyl (C=O) groups is 1. The largest absolute Gasteiger partial charge is 0.489 e. The van der Waals surface area contributed by atoms with Gasteiger partial charge in [-0.3, -0.25) is 9.59 Å². The zero-order valence-corrected chi connectivity index (χ0v) is 17.2. The fourth-order valence-corrected chi connectivity index (χ4v) is 3.76. The van der Waals surface area contributed by atoms with E-state index in [2.05, 4.69) is 5.10 Å². The van der Waals surface area contributed by atoms with Crippen LogP contribution in [0.15, 0.2) is 89.0 Å². The van der Waals surface area contributed by atoms with Crippen LogP contribution in [0.2, 0.25) is 0 Å². The summed E-state index contributed by atoms with van der Waals surface area (Å²) in [5, 5.41) is 6.36. The van der Waals surface area contributed by atoms with Crippen LogP contribution in [0.1, 0.15) is 28.9 Å². The number of carbonyl (C=O) groups excluding carboxylic acids is 1. The van der Waals surface area contributed by atoms with E-state index >= 15 is 0 Å². The lowest BCUT2D eigenvalue weighted by atomic mass is 10.1. The summed E-state index contributed by atoms with van der Waals surface area (Å²) >= 11 is 1.53. The van der Waals surface area contributed by atoms with E-state index < -0.39 is 6.04 Å². The minimum atomic E-state index is -0.714. The van der Waals surface area contributed by atoms with Crippen molar-refractivity contribution in [3.8, 4) is 16.3 Å². The lowest BCUT2D eigenvalue weighted by Crippen LogP contribution is -2.30. The molecule has 2 aromatic carbocycles. The number of ether oxygens (including phenoxy) is 1. The maximum Gasteiger partial charge on any atom is 0.267 e. The maximum atomic E-state index is 12.9. The number of aromatic nitrogens is 2. The molecule has 0 fully saturated rings. The predicted molar refractivity (Wildman–Crippen MR) is 118 cm³/mol. The monoisotopic (exact) mass is 416 g/mol. The van der Waals surface area contributed by atoms with Gasteiger partial charge in [-0.05, 0) is 54.3 Å². The molecular formula is C24H20N2O3S. The number of benzene rings is 2. The van der Waals surface area contributed by atoms with E-state index in [4.69, 9.17) is 4.74 Å². The van der Waals surface area contributed by atoms with Gasteiger partial charge in [0.2, 0.25) is 0 Å². The predicted octanol–water partition coefficient (Wildman–Crippen LogP) is 4.99. The van der Waals surface area contributed by atoms with E-state index in [1.54, 1.807) is 37.3 Å². The third kappa shape index (κ3) is 4.39. The number of thiophene rings is 1. The molecule has 2 aromatic heterocycles. The smallest absolute Gasteiger partial charge is 0.267 e. The molecule has 0 bridgehead atoms. The van der Waals surface area contributed by atoms with Crippen LogP contribution < -0.4 is 10.3 Å². The first-order valence-electron chi connectivity index (χ1n) is 9.56. The van der Waals surface area contributed by atoms with Crippen molar-refractivity contribution >= 4 is 17.1 Å². The number of hydrogen-bond donors (Lipinski definition) is 0. The molecule has 150 valence electrons. The average Bonchev–Trinajstić information content (AvgIpc) is 3.33. The summed E-state index contributed by atoms with van der Waals surface area (Å²) < 4.78 is 7.02. The van der Waals surface area contributed by atoms with Gasteiger partial charge in [0.05, 0.1) is 4.88 Å². The zero-order valence-electron chi connectivity index (χ0n) is 16.4. The maximum absolute atomic E-state index is 12.9. The Hall–Kier alpha value is -3.51. The standard InChI is InChI=1S/C24H20N2O3S/c1-17(26-23(27)14-13-21(25-26)22-8-5-15-30-22)24(28)19-9-11-20(12-10-19)29-16-18-6-3-2-4-7-18/h2-15,17H,16H2,1H3/t17-/m1/s1. The van der Waals surface area contributed by atoms with E-state index in [0.717, 1.165) is 10.4 Å². The third-order valence-corrected chi connectivity index (χ3v) is 5.62. The SMILES string of the molecule is C[C@H](C(=O)c1ccc(OCc2ccccc2)cc1)n1nc(-c2cccs2)ccc1=O. The summed E-state index contributed by atoms with van der Waals surface area (Å²) in [5.41, 5.74) is 1.94. The zero-order chi connectivity index (χ0) is 20.9. The molecule has 0 amide bonds. The van der Waals surface area contributed by atoms with Crippen LogP contribution in [0.4, 0.5) is 0 Å². The lowest BCUT2D eigenvalue weighted by molar-refractivity contribution is 0.0925. The third-order valence-electron chi connectivity index (χ3n) is 4.73. The Balaban J connectivity index is 1.49. The Bertz CT molecular complexity index is 1180. The molecule has 1 atom stereocenters. The van der Waals surface area contributed by atoms with Crippen molar-refractivity contribution < 1.29 is 9.53 Å². The lowest BCUT2D eigenvalue weighted by Gasteiger charge is -2.14. The molecular weight excluding hydrogens is 396 g/mol. The van der Waals surface area contributed by atoms with Gasteiger partial charge in [-0.1, -0.05) is 36.4 Å². The molecule has 5 nitrogen and oxygen atoms in total. The number of hydrogen-bond acceptors (Lipinski definition) is 5. The first-order chi connectivity index (χ1) is 14.6. The molecule has 0 aliphatic heterocycles. The molecule has 30 heavy (non-hydrogen) atoms. The van der Waals surface area contributed by atoms with Crippen molar-refractivity contribution in [2.75, 3.05) is 0 Å². The Kier molecular flexibility index (Phi) is 5.86. The van der Waals surface area contributed by atoms with Crippen molar-refractivity contribution in [3.05, 3.63) is 106 Å². The van der Waals surface area contributed by atoms with E-state index in [-0.39, 0.29) is 11.3 Å². The summed E-state index contributed by atoms with van der Waals surface area (Å²) in [6, 6.07) is 23.1. The van der Waals surface area contributed by atoms with Gasteiger partial charge in [-0.2, -0.15) is 5.10 Å². The number of nitrogens with zero attached hydrogens (tertiary/aromatic N) is 2. The Morgan fingerprint density at radius 2 is 1.77 bits per heavy atom. The Labute approximate surface area is 178 Å². The minimum Gasteiger partial charge on any atom is -0.489 e. The quantitative estimate of drug-likeness (QED) is 0.398. The van der Waals surface area contributed by atoms with Gasteiger partial charge in [0.1, 0.15) is 24.1 Å². The number of ketones is 1. The van der Waals surface area contributed by atoms with Gasteiger partial charge in [0, 0.05) is 11.6 Å². The van der Waals surface area contributed by atoms with Gasteiger partial charge in [-0.15, -0.1) is 11.3 Å². The van der Waals surface area contributed by atoms with Crippen molar-refractivity contribution in [1.82, 2.24) is 9.78 Å². The molecule has 0 radical (unpaired) electrons. The molecule has 0 saturated heterocycles. The Morgan fingerprint density at radius 1 is 1.00 bits per heavy atom. The second-order valence-corrected chi connectivity index (χ2v) is 7.77. The summed E-state index contributed by atoms with van der Waals surface area (Å²) in [7, 11) is 0. The van der Waals surface area contributed by atoms with Crippen molar-refractivity contribution in [2.45, 2.75) is 19.6 Å². The van der Waals surface area contributed by atoms with Gasteiger partial charge in [0.25, 0.3) is 5.56 Å². The van der Waals surface area contributed by atoms with Crippen LogP contribution in [0, 0.1) is 0 Å². The van der Waals surface area contributed by atoms with E-state index in [0.29, 0.717) is 23.6 Å². The molecule has 0 spiro atoms. The van der Waals surface area contributed by atoms with E-state index in [1.807, 2.05) is 47.8 Å². The van der Waals surface area contributed by atoms with Crippen molar-refractivity contribution in [2.24, 2.45) is 0 Å². The summed E-state index contributed by atoms with van der Waals surface area (Å²) in [5.74, 6) is 0.501. The van der Waals surface area contributed by atoms with Crippen molar-refractivity contribution in [3.63, 3.8) is 0 Å². The van der Waals surface area contributed by atoms with Crippen molar-refractivity contribution in [1.29, 1.82) is 0 Å². The molecule has 6 heteroatoms. The van der Waals surface area contributed by atoms with Crippen LogP contribution >= 0.6 is 11.3 Å². The molecule has 0 saturated carbocycles. The highest BCUT2D eigenvalue weighted by Crippen LogP contribution is 2.22. The summed E-state index contributed by atoms with van der Waals surface area (Å²) in [6.45, 7) is 2.15. The highest BCUT2D eigenvalue weighted by molar-refractivity contribution is 7.13. The van der Waals surface area contributed by atoms with Crippen LogP contribution in [-0.4, -0.2) is 15.6 Å². The summed E-state index contributed by atoms with van der Waals surface area (Å²) in [4.78, 5) is 26.2. The minimum absolute atomic E-state index is 0.178. The van der Waals surface area contributed by atoms with Crippen LogP contribution in [0.25, 0.3) is 10.6 Å². The topological polar surface area (TPSA) is 61.2 Å². The molecule has 4 aromatic rings. The second-order valence-electron chi connectivity index (χ2n) is 6.82. The molecule has 2 heterocycles. The highest BCUT2D eigenvalue weighted by atomic mass is 32.1. The molecule has 0 unspecified atom stereocenters. The first-order valence-corrected chi connectivity index (χ1v) is 10.4. The van der Waals surface area contributed by atoms with Crippen LogP contribution in [0.3, 0.4) is 0 Å². The van der Waals surface area contributed by atoms with E-state index in [9.17, 15) is 9.59 Å². The molecule has 0 aliphatic rings.